The molecule has 0 saturated heterocycles. The SMILES string of the molecule is CCCC(C)C(NCCOC)c1nc2c(s1)CCC2. The molecule has 3 nitrogen and oxygen atoms in total. The number of aryl methyl sites for hydroxylation is 2. The van der Waals surface area contributed by atoms with Crippen molar-refractivity contribution in [2.45, 2.75) is 52.0 Å². The van der Waals surface area contributed by atoms with Crippen molar-refractivity contribution in [3.63, 3.8) is 0 Å². The standard InChI is InChI=1S/C15H26N2OS/c1-4-6-11(2)14(16-9-10-18-3)15-17-12-7-5-8-13(12)19-15/h11,14,16H,4-10H2,1-3H3. The maximum atomic E-state index is 5.15. The van der Waals surface area contributed by atoms with Gasteiger partial charge in [0.25, 0.3) is 0 Å². The Morgan fingerprint density at radius 3 is 2.95 bits per heavy atom. The lowest BCUT2D eigenvalue weighted by molar-refractivity contribution is 0.190. The topological polar surface area (TPSA) is 34.1 Å². The molecule has 1 aromatic rings. The molecule has 0 aromatic carbocycles. The van der Waals surface area contributed by atoms with E-state index in [1.54, 1.807) is 7.11 Å². The van der Waals surface area contributed by atoms with E-state index in [0.29, 0.717) is 12.0 Å². The van der Waals surface area contributed by atoms with Gasteiger partial charge in [-0.2, -0.15) is 0 Å². The van der Waals surface area contributed by atoms with Gasteiger partial charge in [0.15, 0.2) is 0 Å². The summed E-state index contributed by atoms with van der Waals surface area (Å²) in [7, 11) is 1.75. The molecule has 1 aromatic heterocycles. The average molecular weight is 282 g/mol. The van der Waals surface area contributed by atoms with Crippen molar-refractivity contribution in [3.8, 4) is 0 Å². The molecule has 1 aliphatic rings. The van der Waals surface area contributed by atoms with Gasteiger partial charge in [-0.15, -0.1) is 11.3 Å². The number of rotatable bonds is 8. The molecule has 0 spiro atoms. The Morgan fingerprint density at radius 2 is 2.26 bits per heavy atom. The third kappa shape index (κ3) is 3.77. The van der Waals surface area contributed by atoms with Gasteiger partial charge in [-0.3, -0.25) is 0 Å². The number of ether oxygens (including phenoxy) is 1. The maximum absolute atomic E-state index is 5.15. The molecule has 0 saturated carbocycles. The zero-order valence-electron chi connectivity index (χ0n) is 12.4. The highest BCUT2D eigenvalue weighted by atomic mass is 32.1. The zero-order chi connectivity index (χ0) is 13.7. The van der Waals surface area contributed by atoms with E-state index >= 15 is 0 Å². The fourth-order valence-corrected chi connectivity index (χ4v) is 4.18. The normalized spacial score (nSPS) is 17.4. The van der Waals surface area contributed by atoms with Gasteiger partial charge in [0.05, 0.1) is 18.3 Å². The molecule has 0 bridgehead atoms. The van der Waals surface area contributed by atoms with Crippen LogP contribution in [0.1, 0.15) is 54.7 Å². The highest BCUT2D eigenvalue weighted by Gasteiger charge is 2.25. The molecule has 0 aliphatic heterocycles. The van der Waals surface area contributed by atoms with E-state index in [-0.39, 0.29) is 0 Å². The smallest absolute Gasteiger partial charge is 0.110 e. The van der Waals surface area contributed by atoms with Crippen LogP contribution in [0.5, 0.6) is 0 Å². The van der Waals surface area contributed by atoms with Crippen LogP contribution in [-0.4, -0.2) is 25.2 Å². The van der Waals surface area contributed by atoms with Gasteiger partial charge in [0.2, 0.25) is 0 Å². The minimum absolute atomic E-state index is 0.394. The maximum Gasteiger partial charge on any atom is 0.110 e. The second kappa shape index (κ2) is 7.36. The summed E-state index contributed by atoms with van der Waals surface area (Å²) in [6.07, 6.45) is 6.18. The van der Waals surface area contributed by atoms with E-state index in [1.807, 2.05) is 11.3 Å². The summed E-state index contributed by atoms with van der Waals surface area (Å²) in [5.41, 5.74) is 1.36. The van der Waals surface area contributed by atoms with Crippen molar-refractivity contribution in [1.29, 1.82) is 0 Å². The van der Waals surface area contributed by atoms with Crippen LogP contribution in [-0.2, 0) is 17.6 Å². The van der Waals surface area contributed by atoms with Crippen LogP contribution >= 0.6 is 11.3 Å². The Bertz CT molecular complexity index is 370. The fraction of sp³-hybridized carbons (Fsp3) is 0.800. The number of nitrogens with one attached hydrogen (secondary N) is 1. The lowest BCUT2D eigenvalue weighted by atomic mass is 9.97. The van der Waals surface area contributed by atoms with Crippen LogP contribution < -0.4 is 5.32 Å². The number of thiazole rings is 1. The molecule has 1 aliphatic carbocycles. The van der Waals surface area contributed by atoms with Crippen molar-refractivity contribution in [2.75, 3.05) is 20.3 Å². The molecule has 4 heteroatoms. The summed E-state index contributed by atoms with van der Waals surface area (Å²) >= 11 is 1.93. The summed E-state index contributed by atoms with van der Waals surface area (Å²) < 4.78 is 5.15. The van der Waals surface area contributed by atoms with Gasteiger partial charge in [-0.05, 0) is 31.6 Å². The van der Waals surface area contributed by atoms with Crippen LogP contribution in [0.2, 0.25) is 0 Å². The van der Waals surface area contributed by atoms with E-state index in [1.165, 1.54) is 47.7 Å². The molecule has 1 N–H and O–H groups in total. The largest absolute Gasteiger partial charge is 0.383 e. The summed E-state index contributed by atoms with van der Waals surface area (Å²) in [6.45, 7) is 6.25. The van der Waals surface area contributed by atoms with Crippen LogP contribution in [0, 0.1) is 5.92 Å². The minimum atomic E-state index is 0.394. The van der Waals surface area contributed by atoms with Gasteiger partial charge >= 0.3 is 0 Å². The number of methoxy groups -OCH3 is 1. The van der Waals surface area contributed by atoms with Crippen molar-refractivity contribution in [3.05, 3.63) is 15.6 Å². The third-order valence-electron chi connectivity index (χ3n) is 3.86. The van der Waals surface area contributed by atoms with Crippen LogP contribution in [0.15, 0.2) is 0 Å². The van der Waals surface area contributed by atoms with Gasteiger partial charge in [-0.1, -0.05) is 20.3 Å². The van der Waals surface area contributed by atoms with E-state index < -0.39 is 0 Å². The lowest BCUT2D eigenvalue weighted by Crippen LogP contribution is -2.29. The quantitative estimate of drug-likeness (QED) is 0.743. The fourth-order valence-electron chi connectivity index (χ4n) is 2.81. The van der Waals surface area contributed by atoms with Gasteiger partial charge in [0, 0.05) is 18.5 Å². The second-order valence-electron chi connectivity index (χ2n) is 5.47. The Morgan fingerprint density at radius 1 is 1.42 bits per heavy atom. The van der Waals surface area contributed by atoms with E-state index in [0.717, 1.165) is 13.2 Å². The van der Waals surface area contributed by atoms with Crippen molar-refractivity contribution in [1.82, 2.24) is 10.3 Å². The van der Waals surface area contributed by atoms with Gasteiger partial charge in [-0.25, -0.2) is 4.98 Å². The molecule has 0 amide bonds. The van der Waals surface area contributed by atoms with E-state index in [4.69, 9.17) is 9.72 Å². The highest BCUT2D eigenvalue weighted by Crippen LogP contribution is 2.34. The predicted octanol–water partition coefficient (Wildman–Crippen LogP) is 3.35. The van der Waals surface area contributed by atoms with Crippen LogP contribution in [0.25, 0.3) is 0 Å². The monoisotopic (exact) mass is 282 g/mol. The summed E-state index contributed by atoms with van der Waals surface area (Å²) in [5.74, 6) is 0.633. The Hall–Kier alpha value is -0.450. The molecule has 108 valence electrons. The van der Waals surface area contributed by atoms with E-state index in [9.17, 15) is 0 Å². The number of aromatic nitrogens is 1. The number of hydrogen-bond acceptors (Lipinski definition) is 4. The molecule has 19 heavy (non-hydrogen) atoms. The zero-order valence-corrected chi connectivity index (χ0v) is 13.2. The Labute approximate surface area is 120 Å². The third-order valence-corrected chi connectivity index (χ3v) is 5.10. The molecular formula is C15H26N2OS. The predicted molar refractivity (Wildman–Crippen MR) is 80.8 cm³/mol. The van der Waals surface area contributed by atoms with Crippen molar-refractivity contribution in [2.24, 2.45) is 5.92 Å². The van der Waals surface area contributed by atoms with Crippen LogP contribution in [0.3, 0.4) is 0 Å². The van der Waals surface area contributed by atoms with Gasteiger partial charge in [0.1, 0.15) is 5.01 Å². The molecule has 2 rings (SSSR count). The average Bonchev–Trinajstić information content (AvgIpc) is 2.95. The van der Waals surface area contributed by atoms with Crippen molar-refractivity contribution < 1.29 is 4.74 Å². The first-order chi connectivity index (χ1) is 9.26. The molecule has 0 radical (unpaired) electrons. The number of nitrogens with zero attached hydrogens (tertiary/aromatic N) is 1. The summed E-state index contributed by atoms with van der Waals surface area (Å²) in [6, 6.07) is 0.394. The van der Waals surface area contributed by atoms with Crippen LogP contribution in [0.4, 0.5) is 0 Å². The summed E-state index contributed by atoms with van der Waals surface area (Å²) in [4.78, 5) is 6.41. The number of hydrogen-bond donors (Lipinski definition) is 1. The minimum Gasteiger partial charge on any atom is -0.383 e. The molecular weight excluding hydrogens is 256 g/mol. The Kier molecular flexibility index (Phi) is 5.79. The Balaban J connectivity index is 2.06. The van der Waals surface area contributed by atoms with E-state index in [2.05, 4.69) is 19.2 Å². The van der Waals surface area contributed by atoms with Gasteiger partial charge < -0.3 is 10.1 Å². The molecule has 1 heterocycles. The molecule has 2 unspecified atom stereocenters. The first kappa shape index (κ1) is 14.9. The first-order valence-corrected chi connectivity index (χ1v) is 8.28. The first-order valence-electron chi connectivity index (χ1n) is 7.47. The number of fused-ring (bicyclic) bond motifs is 1. The second-order valence-corrected chi connectivity index (χ2v) is 6.58. The molecule has 0 fully saturated rings. The highest BCUT2D eigenvalue weighted by molar-refractivity contribution is 7.11. The summed E-state index contributed by atoms with van der Waals surface area (Å²) in [5, 5.41) is 4.93. The lowest BCUT2D eigenvalue weighted by Gasteiger charge is -2.23. The van der Waals surface area contributed by atoms with Crippen molar-refractivity contribution >= 4 is 11.3 Å². The molecule has 2 atom stereocenters.